The minimum absolute atomic E-state index is 0.0225. The van der Waals surface area contributed by atoms with E-state index in [4.69, 9.17) is 9.15 Å². The largest absolute Gasteiger partial charge is 0.507 e. The van der Waals surface area contributed by atoms with Gasteiger partial charge in [0.25, 0.3) is 0 Å². The van der Waals surface area contributed by atoms with Crippen LogP contribution in [0.5, 0.6) is 0 Å². The maximum atomic E-state index is 12.7. The second kappa shape index (κ2) is 7.41. The lowest BCUT2D eigenvalue weighted by Crippen LogP contribution is -2.29. The number of aliphatic hydroxyl groups is 1. The third-order valence-corrected chi connectivity index (χ3v) is 4.26. The van der Waals surface area contributed by atoms with Crippen molar-refractivity contribution in [3.63, 3.8) is 0 Å². The topological polar surface area (TPSA) is 111 Å². The quantitative estimate of drug-likeness (QED) is 0.616. The number of Topliss-reactive ketones (excluding diaryl/α,β-unsaturated/α-hetero) is 3. The lowest BCUT2D eigenvalue weighted by molar-refractivity contribution is -0.153. The van der Waals surface area contributed by atoms with Crippen LogP contribution in [0.2, 0.25) is 0 Å². The molecule has 1 aromatic carbocycles. The SMILES string of the molecule is CCOC(=O)C(=O)C[C@@H](C1=C(O)c2ccccc2C(=O)C1=O)c1ccco1. The van der Waals surface area contributed by atoms with Gasteiger partial charge in [-0.1, -0.05) is 24.3 Å². The van der Waals surface area contributed by atoms with E-state index in [1.54, 1.807) is 19.1 Å². The third-order valence-electron chi connectivity index (χ3n) is 4.26. The molecule has 7 nitrogen and oxygen atoms in total. The molecule has 1 aliphatic rings. The summed E-state index contributed by atoms with van der Waals surface area (Å²) >= 11 is 0. The monoisotopic (exact) mass is 368 g/mol. The molecular formula is C20H16O7. The average Bonchev–Trinajstić information content (AvgIpc) is 3.20. The van der Waals surface area contributed by atoms with Crippen molar-refractivity contribution in [2.45, 2.75) is 19.3 Å². The van der Waals surface area contributed by atoms with Crippen LogP contribution >= 0.6 is 0 Å². The smallest absolute Gasteiger partial charge is 0.374 e. The van der Waals surface area contributed by atoms with Crippen molar-refractivity contribution >= 4 is 29.1 Å². The Bertz CT molecular complexity index is 950. The first-order chi connectivity index (χ1) is 13.0. The number of carbonyl (C=O) groups excluding carboxylic acids is 4. The van der Waals surface area contributed by atoms with Crippen LogP contribution < -0.4 is 0 Å². The van der Waals surface area contributed by atoms with Crippen molar-refractivity contribution in [3.8, 4) is 0 Å². The lowest BCUT2D eigenvalue weighted by Gasteiger charge is -2.22. The highest BCUT2D eigenvalue weighted by Crippen LogP contribution is 2.38. The summed E-state index contributed by atoms with van der Waals surface area (Å²) in [6.45, 7) is 1.58. The maximum absolute atomic E-state index is 12.7. The molecule has 0 saturated heterocycles. The molecule has 0 amide bonds. The van der Waals surface area contributed by atoms with Crippen LogP contribution in [0.25, 0.3) is 5.76 Å². The number of benzene rings is 1. The Morgan fingerprint density at radius 1 is 1.07 bits per heavy atom. The molecule has 7 heteroatoms. The highest BCUT2D eigenvalue weighted by molar-refractivity contribution is 6.52. The molecule has 0 fully saturated rings. The van der Waals surface area contributed by atoms with Gasteiger partial charge in [-0.15, -0.1) is 0 Å². The average molecular weight is 368 g/mol. The van der Waals surface area contributed by atoms with Crippen molar-refractivity contribution < 1.29 is 33.4 Å². The van der Waals surface area contributed by atoms with E-state index in [0.717, 1.165) is 0 Å². The Kier molecular flexibility index (Phi) is 5.03. The minimum Gasteiger partial charge on any atom is -0.507 e. The summed E-state index contributed by atoms with van der Waals surface area (Å²) in [6, 6.07) is 9.17. The summed E-state index contributed by atoms with van der Waals surface area (Å²) in [7, 11) is 0. The maximum Gasteiger partial charge on any atom is 0.374 e. The Morgan fingerprint density at radius 2 is 1.78 bits per heavy atom. The van der Waals surface area contributed by atoms with E-state index in [-0.39, 0.29) is 29.1 Å². The summed E-state index contributed by atoms with van der Waals surface area (Å²) in [5.41, 5.74) is 0.00204. The fourth-order valence-electron chi connectivity index (χ4n) is 3.02. The van der Waals surface area contributed by atoms with Crippen LogP contribution in [0.4, 0.5) is 0 Å². The zero-order valence-corrected chi connectivity index (χ0v) is 14.4. The molecule has 0 bridgehead atoms. The summed E-state index contributed by atoms with van der Waals surface area (Å²) in [5.74, 6) is -5.01. The summed E-state index contributed by atoms with van der Waals surface area (Å²) in [4.78, 5) is 49.1. The number of allylic oxidation sites excluding steroid dienone is 1. The van der Waals surface area contributed by atoms with Gasteiger partial charge in [-0.05, 0) is 19.1 Å². The number of rotatable bonds is 6. The van der Waals surface area contributed by atoms with Crippen molar-refractivity contribution in [1.82, 2.24) is 0 Å². The Labute approximate surface area is 154 Å². The molecule has 1 heterocycles. The highest BCUT2D eigenvalue weighted by Gasteiger charge is 2.40. The number of carbonyl (C=O) groups is 4. The van der Waals surface area contributed by atoms with Gasteiger partial charge < -0.3 is 14.3 Å². The van der Waals surface area contributed by atoms with E-state index in [1.807, 2.05) is 0 Å². The van der Waals surface area contributed by atoms with Crippen LogP contribution in [-0.4, -0.2) is 35.0 Å². The zero-order chi connectivity index (χ0) is 19.6. The first kappa shape index (κ1) is 18.3. The van der Waals surface area contributed by atoms with Crippen molar-refractivity contribution in [2.75, 3.05) is 6.61 Å². The normalized spacial score (nSPS) is 14.7. The zero-order valence-electron chi connectivity index (χ0n) is 14.4. The van der Waals surface area contributed by atoms with E-state index in [1.165, 1.54) is 30.5 Å². The molecule has 0 radical (unpaired) electrons. The fraction of sp³-hybridized carbons (Fsp3) is 0.200. The van der Waals surface area contributed by atoms with Crippen LogP contribution in [-0.2, 0) is 19.1 Å². The molecule has 0 spiro atoms. The molecular weight excluding hydrogens is 352 g/mol. The van der Waals surface area contributed by atoms with Gasteiger partial charge in [-0.3, -0.25) is 14.4 Å². The van der Waals surface area contributed by atoms with E-state index in [0.29, 0.717) is 0 Å². The second-order valence-electron chi connectivity index (χ2n) is 5.88. The highest BCUT2D eigenvalue weighted by atomic mass is 16.5. The van der Waals surface area contributed by atoms with E-state index in [9.17, 15) is 24.3 Å². The van der Waals surface area contributed by atoms with Crippen LogP contribution in [0, 0.1) is 0 Å². The van der Waals surface area contributed by atoms with Gasteiger partial charge >= 0.3 is 5.97 Å². The van der Waals surface area contributed by atoms with Crippen LogP contribution in [0.1, 0.15) is 40.9 Å². The molecule has 2 aromatic rings. The number of fused-ring (bicyclic) bond motifs is 1. The third kappa shape index (κ3) is 3.31. The molecule has 0 unspecified atom stereocenters. The number of hydrogen-bond acceptors (Lipinski definition) is 7. The number of ether oxygens (including phenoxy) is 1. The Hall–Kier alpha value is -3.48. The molecule has 1 atom stereocenters. The van der Waals surface area contributed by atoms with Gasteiger partial charge in [0.05, 0.1) is 24.4 Å². The van der Waals surface area contributed by atoms with Gasteiger partial charge in [0.2, 0.25) is 17.3 Å². The molecule has 1 aliphatic carbocycles. The lowest BCUT2D eigenvalue weighted by atomic mass is 9.79. The first-order valence-electron chi connectivity index (χ1n) is 8.30. The van der Waals surface area contributed by atoms with E-state index in [2.05, 4.69) is 0 Å². The number of aliphatic hydroxyl groups excluding tert-OH is 1. The minimum atomic E-state index is -1.10. The molecule has 27 heavy (non-hydrogen) atoms. The van der Waals surface area contributed by atoms with Crippen molar-refractivity contribution in [1.29, 1.82) is 0 Å². The van der Waals surface area contributed by atoms with Gasteiger partial charge in [0, 0.05) is 17.5 Å². The molecule has 0 saturated carbocycles. The second-order valence-corrected chi connectivity index (χ2v) is 5.88. The van der Waals surface area contributed by atoms with Crippen LogP contribution in [0.3, 0.4) is 0 Å². The summed E-state index contributed by atoms with van der Waals surface area (Å²) in [6.07, 6.45) is 0.852. The number of esters is 1. The number of ketones is 3. The molecule has 0 aliphatic heterocycles. The Balaban J connectivity index is 2.09. The Morgan fingerprint density at radius 3 is 2.41 bits per heavy atom. The summed E-state index contributed by atoms with van der Waals surface area (Å²) < 4.78 is 9.99. The van der Waals surface area contributed by atoms with Crippen molar-refractivity contribution in [2.24, 2.45) is 0 Å². The predicted octanol–water partition coefficient (Wildman–Crippen LogP) is 2.62. The van der Waals surface area contributed by atoms with Crippen molar-refractivity contribution in [3.05, 3.63) is 65.1 Å². The number of hydrogen-bond donors (Lipinski definition) is 1. The van der Waals surface area contributed by atoms with Gasteiger partial charge in [-0.25, -0.2) is 4.79 Å². The molecule has 1 aromatic heterocycles. The van der Waals surface area contributed by atoms with E-state index >= 15 is 0 Å². The molecule has 3 rings (SSSR count). The molecule has 1 N–H and O–H groups in total. The first-order valence-corrected chi connectivity index (χ1v) is 8.30. The predicted molar refractivity (Wildman–Crippen MR) is 93.0 cm³/mol. The summed E-state index contributed by atoms with van der Waals surface area (Å²) in [5, 5.41) is 10.7. The van der Waals surface area contributed by atoms with E-state index < -0.39 is 41.4 Å². The van der Waals surface area contributed by atoms with Crippen LogP contribution in [0.15, 0.2) is 52.7 Å². The number of furan rings is 1. The standard InChI is InChI=1S/C20H16O7/c1-2-26-20(25)14(21)10-13(15-8-5-9-27-15)16-17(22)11-6-3-4-7-12(11)18(23)19(16)24/h3-9,13,22H,2,10H2,1H3/t13-/m1/s1. The molecule has 138 valence electrons. The fourth-order valence-corrected chi connectivity index (χ4v) is 3.02. The van der Waals surface area contributed by atoms with Gasteiger partial charge in [0.15, 0.2) is 0 Å². The van der Waals surface area contributed by atoms with Gasteiger partial charge in [0.1, 0.15) is 11.5 Å². The van der Waals surface area contributed by atoms with Gasteiger partial charge in [-0.2, -0.15) is 0 Å².